The highest BCUT2D eigenvalue weighted by Gasteiger charge is 2.27. The van der Waals surface area contributed by atoms with Gasteiger partial charge in [0.05, 0.1) is 11.8 Å². The van der Waals surface area contributed by atoms with Gasteiger partial charge in [-0.3, -0.25) is 9.89 Å². The number of benzene rings is 1. The van der Waals surface area contributed by atoms with Crippen LogP contribution in [0.5, 0.6) is 0 Å². The van der Waals surface area contributed by atoms with Crippen molar-refractivity contribution in [2.75, 3.05) is 25.0 Å². The smallest absolute Gasteiger partial charge is 0.227 e. The Morgan fingerprint density at radius 1 is 1.28 bits per heavy atom. The van der Waals surface area contributed by atoms with Crippen molar-refractivity contribution in [3.8, 4) is 0 Å². The Hall–Kier alpha value is -3.10. The summed E-state index contributed by atoms with van der Waals surface area (Å²) in [5.41, 5.74) is 1.92. The molecule has 3 aromatic rings. The van der Waals surface area contributed by atoms with E-state index < -0.39 is 11.6 Å². The molecule has 1 aromatic carbocycles. The third-order valence-electron chi connectivity index (χ3n) is 6.03. The Balaban J connectivity index is 1.36. The molecule has 0 spiro atoms. The average Bonchev–Trinajstić information content (AvgIpc) is 3.16. The number of hydrogen-bond acceptors (Lipinski definition) is 5. The Kier molecular flexibility index (Phi) is 6.34. The van der Waals surface area contributed by atoms with Crippen molar-refractivity contribution in [3.63, 3.8) is 0 Å². The van der Waals surface area contributed by atoms with Crippen LogP contribution in [-0.2, 0) is 17.6 Å². The van der Waals surface area contributed by atoms with E-state index in [9.17, 15) is 13.6 Å². The maximum atomic E-state index is 13.9. The van der Waals surface area contributed by atoms with E-state index in [1.165, 1.54) is 12.1 Å². The van der Waals surface area contributed by atoms with Gasteiger partial charge in [-0.05, 0) is 36.8 Å². The van der Waals surface area contributed by atoms with Gasteiger partial charge in [0.15, 0.2) is 5.65 Å². The zero-order valence-electron chi connectivity index (χ0n) is 18.6. The minimum absolute atomic E-state index is 0.0652. The molecule has 1 aliphatic heterocycles. The van der Waals surface area contributed by atoms with E-state index in [0.29, 0.717) is 30.6 Å². The van der Waals surface area contributed by atoms with Gasteiger partial charge in [-0.1, -0.05) is 19.9 Å². The Morgan fingerprint density at radius 2 is 2.03 bits per heavy atom. The number of rotatable bonds is 6. The highest BCUT2D eigenvalue weighted by Crippen LogP contribution is 2.23. The molecule has 0 saturated carbocycles. The van der Waals surface area contributed by atoms with Crippen LogP contribution >= 0.6 is 0 Å². The minimum atomic E-state index is -0.685. The summed E-state index contributed by atoms with van der Waals surface area (Å²) in [6.45, 7) is 5.45. The van der Waals surface area contributed by atoms with E-state index in [1.807, 2.05) is 18.1 Å². The fourth-order valence-electron chi connectivity index (χ4n) is 4.18. The maximum absolute atomic E-state index is 13.9. The number of halogens is 2. The van der Waals surface area contributed by atoms with Gasteiger partial charge in [0.25, 0.3) is 0 Å². The fraction of sp³-hybridized carbons (Fsp3) is 0.478. The summed E-state index contributed by atoms with van der Waals surface area (Å²) in [5.74, 6) is -0.362. The lowest BCUT2D eigenvalue weighted by atomic mass is 10.0. The number of aromatic amines is 1. The molecule has 32 heavy (non-hydrogen) atoms. The van der Waals surface area contributed by atoms with Crippen LogP contribution in [0.2, 0.25) is 0 Å². The van der Waals surface area contributed by atoms with Crippen LogP contribution < -0.4 is 4.90 Å². The number of anilines is 1. The first-order valence-corrected chi connectivity index (χ1v) is 11.0. The molecule has 1 amide bonds. The molecule has 0 atom stereocenters. The molecule has 0 aliphatic carbocycles. The van der Waals surface area contributed by atoms with E-state index in [2.05, 4.69) is 34.0 Å². The molecule has 9 heteroatoms. The molecule has 0 bridgehead atoms. The number of H-pyrrole nitrogens is 1. The lowest BCUT2D eigenvalue weighted by molar-refractivity contribution is -0.131. The fourth-order valence-corrected chi connectivity index (χ4v) is 4.18. The Labute approximate surface area is 185 Å². The topological polar surface area (TPSA) is 78.0 Å². The first kappa shape index (κ1) is 22.1. The monoisotopic (exact) mass is 442 g/mol. The number of hydrogen-bond donors (Lipinski definition) is 1. The normalized spacial score (nSPS) is 15.0. The predicted octanol–water partition coefficient (Wildman–Crippen LogP) is 3.50. The first-order chi connectivity index (χ1) is 15.3. The van der Waals surface area contributed by atoms with E-state index in [0.717, 1.165) is 36.4 Å². The molecular formula is C23H28F2N6O. The van der Waals surface area contributed by atoms with Gasteiger partial charge in [0.1, 0.15) is 11.6 Å². The molecular weight excluding hydrogens is 414 g/mol. The second kappa shape index (κ2) is 9.18. The third-order valence-corrected chi connectivity index (χ3v) is 6.03. The summed E-state index contributed by atoms with van der Waals surface area (Å²) < 4.78 is 26.9. The van der Waals surface area contributed by atoms with Crippen molar-refractivity contribution in [2.24, 2.45) is 5.92 Å². The standard InChI is InChI=1S/C23H28F2N6O/c1-14(2)10-20-18-13-26-23(27-22(18)29-28-20)30(3)17-6-8-31(9-7-17)21(32)11-15-4-5-16(24)12-19(15)25/h4-5,12-14,17H,6-11H2,1-3H3,(H,26,27,28,29). The number of carbonyl (C=O) groups excluding carboxylic acids is 1. The molecule has 0 unspecified atom stereocenters. The van der Waals surface area contributed by atoms with E-state index in [1.54, 1.807) is 4.90 Å². The van der Waals surface area contributed by atoms with Crippen LogP contribution in [0.15, 0.2) is 24.4 Å². The van der Waals surface area contributed by atoms with Gasteiger partial charge in [-0.15, -0.1) is 0 Å². The number of nitrogens with one attached hydrogen (secondary N) is 1. The molecule has 2 aromatic heterocycles. The summed E-state index contributed by atoms with van der Waals surface area (Å²) in [4.78, 5) is 25.5. The predicted molar refractivity (Wildman–Crippen MR) is 118 cm³/mol. The van der Waals surface area contributed by atoms with Crippen molar-refractivity contribution in [1.82, 2.24) is 25.1 Å². The van der Waals surface area contributed by atoms with Gasteiger partial charge >= 0.3 is 0 Å². The molecule has 1 fully saturated rings. The van der Waals surface area contributed by atoms with Gasteiger partial charge < -0.3 is 9.80 Å². The van der Waals surface area contributed by atoms with Crippen LogP contribution in [0, 0.1) is 17.6 Å². The number of piperidine rings is 1. The van der Waals surface area contributed by atoms with Crippen LogP contribution in [0.1, 0.15) is 37.9 Å². The summed E-state index contributed by atoms with van der Waals surface area (Å²) in [5, 5.41) is 8.36. The molecule has 3 heterocycles. The number of carbonyl (C=O) groups is 1. The molecule has 1 aliphatic rings. The molecule has 1 N–H and O–H groups in total. The highest BCUT2D eigenvalue weighted by atomic mass is 19.1. The molecule has 0 radical (unpaired) electrons. The van der Waals surface area contributed by atoms with Gasteiger partial charge in [0.2, 0.25) is 11.9 Å². The summed E-state index contributed by atoms with van der Waals surface area (Å²) in [7, 11) is 1.96. The van der Waals surface area contributed by atoms with Gasteiger partial charge in [-0.2, -0.15) is 10.1 Å². The lowest BCUT2D eigenvalue weighted by Crippen LogP contribution is -2.46. The van der Waals surface area contributed by atoms with Crippen LogP contribution in [0.3, 0.4) is 0 Å². The summed E-state index contributed by atoms with van der Waals surface area (Å²) >= 11 is 0. The molecule has 4 rings (SSSR count). The number of amides is 1. The van der Waals surface area contributed by atoms with Crippen molar-refractivity contribution < 1.29 is 13.6 Å². The van der Waals surface area contributed by atoms with E-state index in [-0.39, 0.29) is 23.9 Å². The largest absolute Gasteiger partial charge is 0.342 e. The van der Waals surface area contributed by atoms with Gasteiger partial charge in [0, 0.05) is 44.1 Å². The second-order valence-corrected chi connectivity index (χ2v) is 8.84. The molecule has 170 valence electrons. The lowest BCUT2D eigenvalue weighted by Gasteiger charge is -2.36. The third kappa shape index (κ3) is 4.71. The van der Waals surface area contributed by atoms with E-state index >= 15 is 0 Å². The van der Waals surface area contributed by atoms with Crippen LogP contribution in [0.4, 0.5) is 14.7 Å². The van der Waals surface area contributed by atoms with Crippen molar-refractivity contribution >= 4 is 22.9 Å². The zero-order chi connectivity index (χ0) is 22.8. The SMILES string of the molecule is CC(C)Cc1[nH]nc2nc(N(C)C3CCN(C(=O)Cc4ccc(F)cc4F)CC3)ncc12. The zero-order valence-corrected chi connectivity index (χ0v) is 18.6. The van der Waals surface area contributed by atoms with Crippen molar-refractivity contribution in [2.45, 2.75) is 45.6 Å². The second-order valence-electron chi connectivity index (χ2n) is 8.84. The van der Waals surface area contributed by atoms with E-state index in [4.69, 9.17) is 0 Å². The Bertz CT molecular complexity index is 1110. The highest BCUT2D eigenvalue weighted by molar-refractivity contribution is 5.79. The molecule has 7 nitrogen and oxygen atoms in total. The van der Waals surface area contributed by atoms with Gasteiger partial charge in [-0.25, -0.2) is 13.8 Å². The number of fused-ring (bicyclic) bond motifs is 1. The maximum Gasteiger partial charge on any atom is 0.227 e. The quantitative estimate of drug-likeness (QED) is 0.632. The minimum Gasteiger partial charge on any atom is -0.342 e. The number of nitrogens with zero attached hydrogens (tertiary/aromatic N) is 5. The van der Waals surface area contributed by atoms with Crippen LogP contribution in [0.25, 0.3) is 11.0 Å². The van der Waals surface area contributed by atoms with Crippen molar-refractivity contribution in [3.05, 3.63) is 47.3 Å². The number of likely N-dealkylation sites (tertiary alicyclic amines) is 1. The summed E-state index contributed by atoms with van der Waals surface area (Å²) in [6.07, 6.45) is 4.17. The first-order valence-electron chi connectivity index (χ1n) is 11.0. The van der Waals surface area contributed by atoms with Crippen molar-refractivity contribution in [1.29, 1.82) is 0 Å². The Morgan fingerprint density at radius 3 is 2.72 bits per heavy atom. The van der Waals surface area contributed by atoms with Crippen LogP contribution in [-0.4, -0.2) is 57.2 Å². The average molecular weight is 443 g/mol. The summed E-state index contributed by atoms with van der Waals surface area (Å²) in [6, 6.07) is 3.51. The molecule has 1 saturated heterocycles. The number of aromatic nitrogens is 4.